The van der Waals surface area contributed by atoms with Crippen LogP contribution in [-0.2, 0) is 4.79 Å². The Hall–Kier alpha value is -2.34. The number of rotatable bonds is 5. The number of amides is 2. The topological polar surface area (TPSA) is 67.4 Å². The van der Waals surface area contributed by atoms with Crippen LogP contribution in [0.1, 0.15) is 10.4 Å². The number of carbonyl (C=O) groups is 2. The van der Waals surface area contributed by atoms with Crippen molar-refractivity contribution < 1.29 is 14.3 Å². The van der Waals surface area contributed by atoms with Crippen molar-refractivity contribution in [2.24, 2.45) is 0 Å². The second-order valence-corrected chi connectivity index (χ2v) is 5.27. The third-order valence-corrected chi connectivity index (χ3v) is 3.60. The Kier molecular flexibility index (Phi) is 5.55. The summed E-state index contributed by atoms with van der Waals surface area (Å²) in [7, 11) is 1.49. The minimum atomic E-state index is -0.361. The first-order valence-electron chi connectivity index (χ1n) is 6.57. The minimum absolute atomic E-state index is 0.127. The van der Waals surface area contributed by atoms with Gasteiger partial charge in [-0.3, -0.25) is 9.59 Å². The van der Waals surface area contributed by atoms with E-state index in [9.17, 15) is 9.59 Å². The van der Waals surface area contributed by atoms with E-state index in [4.69, 9.17) is 4.74 Å². The number of methoxy groups -OCH3 is 1. The molecule has 0 aliphatic heterocycles. The van der Waals surface area contributed by atoms with Crippen LogP contribution < -0.4 is 15.4 Å². The molecule has 2 N–H and O–H groups in total. The van der Waals surface area contributed by atoms with Gasteiger partial charge < -0.3 is 15.4 Å². The zero-order valence-corrected chi connectivity index (χ0v) is 13.5. The van der Waals surface area contributed by atoms with Gasteiger partial charge >= 0.3 is 0 Å². The average molecular weight is 363 g/mol. The molecule has 0 aliphatic carbocycles. The fraction of sp³-hybridized carbons (Fsp3) is 0.125. The fourth-order valence-electron chi connectivity index (χ4n) is 1.84. The van der Waals surface area contributed by atoms with Gasteiger partial charge in [0.25, 0.3) is 5.91 Å². The van der Waals surface area contributed by atoms with E-state index in [1.54, 1.807) is 30.3 Å². The van der Waals surface area contributed by atoms with E-state index in [0.717, 1.165) is 4.47 Å². The van der Waals surface area contributed by atoms with Crippen LogP contribution in [0.4, 0.5) is 5.69 Å². The molecule has 0 fully saturated rings. The van der Waals surface area contributed by atoms with Gasteiger partial charge in [0, 0.05) is 4.47 Å². The lowest BCUT2D eigenvalue weighted by Crippen LogP contribution is -2.33. The number of hydrogen-bond donors (Lipinski definition) is 2. The Morgan fingerprint density at radius 1 is 1.09 bits per heavy atom. The Balaban J connectivity index is 1.94. The van der Waals surface area contributed by atoms with E-state index < -0.39 is 0 Å². The molecule has 2 aromatic rings. The molecule has 6 heteroatoms. The molecule has 2 rings (SSSR count). The van der Waals surface area contributed by atoms with Crippen molar-refractivity contribution in [3.8, 4) is 5.75 Å². The average Bonchev–Trinajstić information content (AvgIpc) is 2.54. The summed E-state index contributed by atoms with van der Waals surface area (Å²) < 4.78 is 5.89. The minimum Gasteiger partial charge on any atom is -0.496 e. The fourth-order valence-corrected chi connectivity index (χ4v) is 2.23. The summed E-state index contributed by atoms with van der Waals surface area (Å²) in [5.74, 6) is -0.207. The summed E-state index contributed by atoms with van der Waals surface area (Å²) in [6.07, 6.45) is 0. The number of carbonyl (C=O) groups excluding carboxylic acids is 2. The molecule has 0 bridgehead atoms. The molecule has 22 heavy (non-hydrogen) atoms. The Labute approximate surface area is 136 Å². The zero-order valence-electron chi connectivity index (χ0n) is 11.9. The van der Waals surface area contributed by atoms with Crippen LogP contribution in [0.25, 0.3) is 0 Å². The molecule has 0 radical (unpaired) electrons. The van der Waals surface area contributed by atoms with Gasteiger partial charge in [-0.25, -0.2) is 0 Å². The monoisotopic (exact) mass is 362 g/mol. The Bertz CT molecular complexity index is 689. The van der Waals surface area contributed by atoms with Crippen LogP contribution in [0.3, 0.4) is 0 Å². The zero-order chi connectivity index (χ0) is 15.9. The van der Waals surface area contributed by atoms with Crippen molar-refractivity contribution in [2.45, 2.75) is 0 Å². The van der Waals surface area contributed by atoms with E-state index in [1.165, 1.54) is 7.11 Å². The lowest BCUT2D eigenvalue weighted by Gasteiger charge is -2.10. The van der Waals surface area contributed by atoms with Gasteiger partial charge in [-0.05, 0) is 40.2 Å². The second kappa shape index (κ2) is 7.61. The van der Waals surface area contributed by atoms with Gasteiger partial charge in [0.2, 0.25) is 5.91 Å². The molecule has 2 amide bonds. The molecular formula is C16H15BrN2O3. The summed E-state index contributed by atoms with van der Waals surface area (Å²) in [6, 6.07) is 14.1. The first-order chi connectivity index (χ1) is 10.6. The van der Waals surface area contributed by atoms with E-state index in [2.05, 4.69) is 26.6 Å². The van der Waals surface area contributed by atoms with Gasteiger partial charge in [-0.1, -0.05) is 24.3 Å². The predicted molar refractivity (Wildman–Crippen MR) is 88.1 cm³/mol. The highest BCUT2D eigenvalue weighted by atomic mass is 79.9. The molecule has 0 saturated carbocycles. The lowest BCUT2D eigenvalue weighted by molar-refractivity contribution is -0.115. The third kappa shape index (κ3) is 4.08. The maximum atomic E-state index is 12.1. The first-order valence-corrected chi connectivity index (χ1v) is 7.36. The second-order valence-electron chi connectivity index (χ2n) is 4.41. The summed E-state index contributed by atoms with van der Waals surface area (Å²) >= 11 is 3.34. The molecule has 5 nitrogen and oxygen atoms in total. The summed E-state index contributed by atoms with van der Waals surface area (Å²) in [6.45, 7) is -0.127. The molecular weight excluding hydrogens is 348 g/mol. The standard InChI is InChI=1S/C16H15BrN2O3/c1-22-14-9-5-2-6-11(14)16(21)18-10-15(20)19-13-8-4-3-7-12(13)17/h2-9H,10H2,1H3,(H,18,21)(H,19,20). The van der Waals surface area contributed by atoms with Gasteiger partial charge in [-0.15, -0.1) is 0 Å². The van der Waals surface area contributed by atoms with Crippen LogP contribution in [0.2, 0.25) is 0 Å². The summed E-state index contributed by atoms with van der Waals surface area (Å²) in [4.78, 5) is 23.9. The number of anilines is 1. The smallest absolute Gasteiger partial charge is 0.255 e. The highest BCUT2D eigenvalue weighted by Crippen LogP contribution is 2.21. The van der Waals surface area contributed by atoms with Crippen molar-refractivity contribution in [3.05, 3.63) is 58.6 Å². The van der Waals surface area contributed by atoms with Crippen LogP contribution in [-0.4, -0.2) is 25.5 Å². The molecule has 0 saturated heterocycles. The largest absolute Gasteiger partial charge is 0.496 e. The van der Waals surface area contributed by atoms with E-state index >= 15 is 0 Å². The molecule has 0 unspecified atom stereocenters. The van der Waals surface area contributed by atoms with Crippen molar-refractivity contribution in [1.82, 2.24) is 5.32 Å². The van der Waals surface area contributed by atoms with Gasteiger partial charge in [0.15, 0.2) is 0 Å². The van der Waals surface area contributed by atoms with Crippen molar-refractivity contribution in [2.75, 3.05) is 19.0 Å². The first kappa shape index (κ1) is 16.0. The number of para-hydroxylation sites is 2. The van der Waals surface area contributed by atoms with Crippen LogP contribution in [0.15, 0.2) is 53.0 Å². The normalized spacial score (nSPS) is 9.91. The van der Waals surface area contributed by atoms with E-state index in [1.807, 2.05) is 18.2 Å². The molecule has 0 aromatic heterocycles. The Morgan fingerprint density at radius 2 is 1.77 bits per heavy atom. The highest BCUT2D eigenvalue weighted by molar-refractivity contribution is 9.10. The van der Waals surface area contributed by atoms with Crippen LogP contribution >= 0.6 is 15.9 Å². The van der Waals surface area contributed by atoms with Gasteiger partial charge in [0.05, 0.1) is 24.9 Å². The maximum absolute atomic E-state index is 12.1. The maximum Gasteiger partial charge on any atom is 0.255 e. The van der Waals surface area contributed by atoms with Crippen molar-refractivity contribution in [1.29, 1.82) is 0 Å². The van der Waals surface area contributed by atoms with Crippen LogP contribution in [0.5, 0.6) is 5.75 Å². The van der Waals surface area contributed by atoms with Crippen molar-refractivity contribution >= 4 is 33.4 Å². The molecule has 0 atom stereocenters. The molecule has 114 valence electrons. The summed E-state index contributed by atoms with van der Waals surface area (Å²) in [5.41, 5.74) is 1.04. The Morgan fingerprint density at radius 3 is 2.50 bits per heavy atom. The molecule has 2 aromatic carbocycles. The van der Waals surface area contributed by atoms with Gasteiger partial charge in [-0.2, -0.15) is 0 Å². The number of hydrogen-bond acceptors (Lipinski definition) is 3. The number of halogens is 1. The molecule has 0 aliphatic rings. The SMILES string of the molecule is COc1ccccc1C(=O)NCC(=O)Nc1ccccc1Br. The van der Waals surface area contributed by atoms with Crippen molar-refractivity contribution in [3.63, 3.8) is 0 Å². The predicted octanol–water partition coefficient (Wildman–Crippen LogP) is 2.83. The summed E-state index contributed by atoms with van der Waals surface area (Å²) in [5, 5.41) is 5.28. The molecule has 0 spiro atoms. The number of nitrogens with one attached hydrogen (secondary N) is 2. The van der Waals surface area contributed by atoms with E-state index in [-0.39, 0.29) is 18.4 Å². The highest BCUT2D eigenvalue weighted by Gasteiger charge is 2.13. The van der Waals surface area contributed by atoms with E-state index in [0.29, 0.717) is 17.0 Å². The number of benzene rings is 2. The van der Waals surface area contributed by atoms with Crippen LogP contribution in [0, 0.1) is 0 Å². The quantitative estimate of drug-likeness (QED) is 0.859. The molecule has 0 heterocycles. The van der Waals surface area contributed by atoms with Gasteiger partial charge in [0.1, 0.15) is 5.75 Å². The lowest BCUT2D eigenvalue weighted by atomic mass is 10.2. The number of ether oxygens (including phenoxy) is 1. The third-order valence-electron chi connectivity index (χ3n) is 2.91.